The predicted molar refractivity (Wildman–Crippen MR) is 77.0 cm³/mol. The van der Waals surface area contributed by atoms with Crippen LogP contribution in [0.3, 0.4) is 0 Å². The van der Waals surface area contributed by atoms with Gasteiger partial charge in [0.15, 0.2) is 0 Å². The number of nitrogens with zero attached hydrogens (tertiary/aromatic N) is 1. The van der Waals surface area contributed by atoms with Crippen LogP contribution in [0.4, 0.5) is 13.2 Å². The molecule has 1 saturated heterocycles. The van der Waals surface area contributed by atoms with Gasteiger partial charge in [0, 0.05) is 41.7 Å². The first-order valence-electron chi connectivity index (χ1n) is 7.63. The van der Waals surface area contributed by atoms with Gasteiger partial charge in [0.2, 0.25) is 0 Å². The Morgan fingerprint density at radius 1 is 1.23 bits per heavy atom. The van der Waals surface area contributed by atoms with Gasteiger partial charge in [-0.15, -0.1) is 13.2 Å². The van der Waals surface area contributed by atoms with E-state index in [1.54, 1.807) is 6.07 Å². The lowest BCUT2D eigenvalue weighted by molar-refractivity contribution is -0.274. The fourth-order valence-corrected chi connectivity index (χ4v) is 3.86. The van der Waals surface area contributed by atoms with E-state index >= 15 is 0 Å². The summed E-state index contributed by atoms with van der Waals surface area (Å²) in [5, 5.41) is 1.02. The third-order valence-electron chi connectivity index (χ3n) is 4.79. The highest BCUT2D eigenvalue weighted by Gasteiger charge is 2.32. The van der Waals surface area contributed by atoms with Crippen molar-refractivity contribution in [3.05, 3.63) is 29.5 Å². The van der Waals surface area contributed by atoms with Gasteiger partial charge < -0.3 is 9.72 Å². The molecule has 118 valence electrons. The molecule has 2 aliphatic rings. The van der Waals surface area contributed by atoms with Crippen LogP contribution < -0.4 is 4.74 Å². The Morgan fingerprint density at radius 3 is 2.91 bits per heavy atom. The number of rotatable bonds is 1. The third kappa shape index (κ3) is 2.45. The summed E-state index contributed by atoms with van der Waals surface area (Å²) in [4.78, 5) is 5.85. The van der Waals surface area contributed by atoms with Gasteiger partial charge in [-0.2, -0.15) is 0 Å². The van der Waals surface area contributed by atoms with E-state index in [0.717, 1.165) is 36.8 Å². The van der Waals surface area contributed by atoms with Gasteiger partial charge in [0.25, 0.3) is 0 Å². The Labute approximate surface area is 126 Å². The highest BCUT2D eigenvalue weighted by Crippen LogP contribution is 2.33. The van der Waals surface area contributed by atoms with Crippen molar-refractivity contribution in [3.63, 3.8) is 0 Å². The van der Waals surface area contributed by atoms with E-state index in [1.165, 1.54) is 36.2 Å². The topological polar surface area (TPSA) is 28.3 Å². The first kappa shape index (κ1) is 13.9. The van der Waals surface area contributed by atoms with Crippen LogP contribution in [0.1, 0.15) is 24.1 Å². The lowest BCUT2D eigenvalue weighted by Gasteiger charge is -2.20. The standard InChI is InChI=1S/C16H17F3N2O/c17-16(18,19)22-11-3-4-12-13-5-7-21-6-1-2-10(21)8-14(13)20-15(12)9-11/h3-4,9-10,20H,1-2,5-8H2/t10-/m1/s1. The van der Waals surface area contributed by atoms with Crippen molar-refractivity contribution in [2.75, 3.05) is 13.1 Å². The van der Waals surface area contributed by atoms with Gasteiger partial charge in [-0.1, -0.05) is 0 Å². The molecule has 2 aliphatic heterocycles. The average molecular weight is 310 g/mol. The Hall–Kier alpha value is -1.69. The number of aromatic nitrogens is 1. The van der Waals surface area contributed by atoms with Crippen LogP contribution in [0.25, 0.3) is 10.9 Å². The minimum Gasteiger partial charge on any atom is -0.406 e. The second-order valence-corrected chi connectivity index (χ2v) is 6.12. The third-order valence-corrected chi connectivity index (χ3v) is 4.79. The van der Waals surface area contributed by atoms with Gasteiger partial charge in [0.1, 0.15) is 5.75 Å². The molecule has 4 rings (SSSR count). The van der Waals surface area contributed by atoms with E-state index < -0.39 is 6.36 Å². The Balaban J connectivity index is 1.70. The average Bonchev–Trinajstić information content (AvgIpc) is 2.96. The van der Waals surface area contributed by atoms with Crippen molar-refractivity contribution < 1.29 is 17.9 Å². The summed E-state index contributed by atoms with van der Waals surface area (Å²) in [5.74, 6) is -0.168. The van der Waals surface area contributed by atoms with Crippen molar-refractivity contribution in [2.45, 2.75) is 38.1 Å². The molecule has 1 fully saturated rings. The molecule has 3 heterocycles. The number of aromatic amines is 1. The minimum absolute atomic E-state index is 0.168. The quantitative estimate of drug-likeness (QED) is 0.871. The van der Waals surface area contributed by atoms with Crippen LogP contribution in [0.15, 0.2) is 18.2 Å². The van der Waals surface area contributed by atoms with Crippen molar-refractivity contribution in [1.82, 2.24) is 9.88 Å². The zero-order valence-electron chi connectivity index (χ0n) is 12.0. The zero-order valence-corrected chi connectivity index (χ0v) is 12.0. The summed E-state index contributed by atoms with van der Waals surface area (Å²) < 4.78 is 41.0. The second-order valence-electron chi connectivity index (χ2n) is 6.12. The Bertz CT molecular complexity index is 707. The monoisotopic (exact) mass is 310 g/mol. The fourth-order valence-electron chi connectivity index (χ4n) is 3.86. The smallest absolute Gasteiger partial charge is 0.406 e. The maximum atomic E-state index is 12.3. The van der Waals surface area contributed by atoms with E-state index in [-0.39, 0.29) is 5.75 Å². The van der Waals surface area contributed by atoms with Gasteiger partial charge in [-0.05, 0) is 43.5 Å². The normalized spacial score (nSPS) is 22.4. The summed E-state index contributed by atoms with van der Waals surface area (Å²) in [6.45, 7) is 2.20. The number of hydrogen-bond donors (Lipinski definition) is 1. The van der Waals surface area contributed by atoms with E-state index in [2.05, 4.69) is 14.6 Å². The molecule has 0 bridgehead atoms. The molecule has 1 N–H and O–H groups in total. The Kier molecular flexibility index (Phi) is 3.11. The van der Waals surface area contributed by atoms with Gasteiger partial charge in [-0.25, -0.2) is 0 Å². The number of fused-ring (bicyclic) bond motifs is 4. The number of hydrogen-bond acceptors (Lipinski definition) is 2. The molecule has 6 heteroatoms. The molecule has 3 nitrogen and oxygen atoms in total. The SMILES string of the molecule is FC(F)(F)Oc1ccc2c3c([nH]c2c1)C[C@H]1CCCN1CC3. The lowest BCUT2D eigenvalue weighted by Crippen LogP contribution is -2.30. The second kappa shape index (κ2) is 4.91. The van der Waals surface area contributed by atoms with E-state index in [9.17, 15) is 13.2 Å². The molecule has 0 unspecified atom stereocenters. The van der Waals surface area contributed by atoms with Crippen molar-refractivity contribution >= 4 is 10.9 Å². The molecular weight excluding hydrogens is 293 g/mol. The van der Waals surface area contributed by atoms with Crippen molar-refractivity contribution in [3.8, 4) is 5.75 Å². The number of nitrogens with one attached hydrogen (secondary N) is 1. The first-order valence-corrected chi connectivity index (χ1v) is 7.63. The maximum absolute atomic E-state index is 12.3. The first-order chi connectivity index (χ1) is 10.5. The Morgan fingerprint density at radius 2 is 2.09 bits per heavy atom. The highest BCUT2D eigenvalue weighted by molar-refractivity contribution is 5.86. The van der Waals surface area contributed by atoms with Crippen molar-refractivity contribution in [1.29, 1.82) is 0 Å². The van der Waals surface area contributed by atoms with Gasteiger partial charge >= 0.3 is 6.36 Å². The number of alkyl halides is 3. The summed E-state index contributed by atoms with van der Waals surface area (Å²) in [7, 11) is 0. The number of benzene rings is 1. The molecule has 2 aromatic rings. The molecule has 1 aromatic carbocycles. The van der Waals surface area contributed by atoms with Crippen LogP contribution in [0.5, 0.6) is 5.75 Å². The summed E-state index contributed by atoms with van der Waals surface area (Å²) in [6.07, 6.45) is -0.298. The maximum Gasteiger partial charge on any atom is 0.573 e. The summed E-state index contributed by atoms with van der Waals surface area (Å²) >= 11 is 0. The van der Waals surface area contributed by atoms with Crippen LogP contribution in [-0.4, -0.2) is 35.4 Å². The van der Waals surface area contributed by atoms with E-state index in [4.69, 9.17) is 0 Å². The van der Waals surface area contributed by atoms with Crippen LogP contribution >= 0.6 is 0 Å². The van der Waals surface area contributed by atoms with E-state index in [1.807, 2.05) is 0 Å². The predicted octanol–water partition coefficient (Wildman–Crippen LogP) is 3.63. The van der Waals surface area contributed by atoms with Crippen molar-refractivity contribution in [2.24, 2.45) is 0 Å². The van der Waals surface area contributed by atoms with Crippen LogP contribution in [0.2, 0.25) is 0 Å². The molecule has 22 heavy (non-hydrogen) atoms. The highest BCUT2D eigenvalue weighted by atomic mass is 19.4. The summed E-state index contributed by atoms with van der Waals surface area (Å²) in [5.41, 5.74) is 3.16. The van der Waals surface area contributed by atoms with Gasteiger partial charge in [-0.3, -0.25) is 4.90 Å². The van der Waals surface area contributed by atoms with Crippen LogP contribution in [0, 0.1) is 0 Å². The molecule has 0 radical (unpaired) electrons. The minimum atomic E-state index is -4.65. The number of ether oxygens (including phenoxy) is 1. The zero-order chi connectivity index (χ0) is 15.3. The van der Waals surface area contributed by atoms with Gasteiger partial charge in [0.05, 0.1) is 0 Å². The summed E-state index contributed by atoms with van der Waals surface area (Å²) in [6, 6.07) is 5.15. The molecule has 0 amide bonds. The van der Waals surface area contributed by atoms with E-state index in [0.29, 0.717) is 6.04 Å². The van der Waals surface area contributed by atoms with Crippen LogP contribution in [-0.2, 0) is 12.8 Å². The molecular formula is C16H17F3N2O. The molecule has 0 spiro atoms. The largest absolute Gasteiger partial charge is 0.573 e. The fraction of sp³-hybridized carbons (Fsp3) is 0.500. The molecule has 1 atom stereocenters. The molecule has 1 aromatic heterocycles. The lowest BCUT2D eigenvalue weighted by atomic mass is 10.0. The molecule has 0 saturated carbocycles. The number of halogens is 3. The molecule has 0 aliphatic carbocycles. The number of H-pyrrole nitrogens is 1.